The third-order valence-corrected chi connectivity index (χ3v) is 1.05. The second kappa shape index (κ2) is 3.77. The fourth-order valence-electron chi connectivity index (χ4n) is 0.542. The molecule has 5 N–H and O–H groups in total. The number of urea groups is 1. The molecule has 11 heavy (non-hydrogen) atoms. The van der Waals surface area contributed by atoms with Crippen LogP contribution < -0.4 is 11.1 Å². The van der Waals surface area contributed by atoms with E-state index < -0.39 is 24.1 Å². The number of carbonyl (C=O) groups excluding carboxylic acids is 1. The minimum atomic E-state index is -1.34. The summed E-state index contributed by atoms with van der Waals surface area (Å²) in [6.45, 7) is 1.24. The summed E-state index contributed by atoms with van der Waals surface area (Å²) < 4.78 is 0. The summed E-state index contributed by atoms with van der Waals surface area (Å²) in [4.78, 5) is 20.4. The Labute approximate surface area is 63.0 Å². The highest BCUT2D eigenvalue weighted by atomic mass is 16.4. The minimum absolute atomic E-state index is 0.974. The van der Waals surface area contributed by atoms with Crippen LogP contribution in [0, 0.1) is 0 Å². The number of aliphatic hydroxyl groups is 1. The lowest BCUT2D eigenvalue weighted by molar-refractivity contribution is -0.141. The molecule has 0 fully saturated rings. The van der Waals surface area contributed by atoms with Crippen LogP contribution in [0.1, 0.15) is 6.92 Å². The predicted molar refractivity (Wildman–Crippen MR) is 35.8 cm³/mol. The highest BCUT2D eigenvalue weighted by Gasteiger charge is 2.23. The maximum absolute atomic E-state index is 10.2. The zero-order chi connectivity index (χ0) is 9.02. The van der Waals surface area contributed by atoms with Crippen molar-refractivity contribution in [1.82, 2.24) is 5.32 Å². The van der Waals surface area contributed by atoms with Crippen LogP contribution in [0.3, 0.4) is 0 Å². The van der Waals surface area contributed by atoms with E-state index in [1.54, 1.807) is 0 Å². The number of hydrogen-bond acceptors (Lipinski definition) is 3. The first kappa shape index (κ1) is 9.70. The van der Waals surface area contributed by atoms with Crippen LogP contribution >= 0.6 is 0 Å². The molecule has 0 unspecified atom stereocenters. The molecule has 0 saturated carbocycles. The molecule has 0 radical (unpaired) electrons. The van der Waals surface area contributed by atoms with Crippen molar-refractivity contribution in [3.8, 4) is 0 Å². The fraction of sp³-hybridized carbons (Fsp3) is 0.600. The smallest absolute Gasteiger partial charge is 0.328 e. The zero-order valence-electron chi connectivity index (χ0n) is 5.94. The summed E-state index contributed by atoms with van der Waals surface area (Å²) >= 11 is 0. The van der Waals surface area contributed by atoms with Crippen LogP contribution in [-0.4, -0.2) is 34.4 Å². The first-order chi connectivity index (χ1) is 4.95. The number of hydrogen-bond donors (Lipinski definition) is 4. The third kappa shape index (κ3) is 3.41. The topological polar surface area (TPSA) is 113 Å². The first-order valence-electron chi connectivity index (χ1n) is 2.92. The summed E-state index contributed by atoms with van der Waals surface area (Å²) in [5.41, 5.74) is 4.64. The van der Waals surface area contributed by atoms with Crippen LogP contribution in [-0.2, 0) is 4.79 Å². The monoisotopic (exact) mass is 162 g/mol. The van der Waals surface area contributed by atoms with Crippen LogP contribution in [0.4, 0.5) is 4.79 Å². The van der Waals surface area contributed by atoms with Crippen molar-refractivity contribution in [2.45, 2.75) is 19.1 Å². The lowest BCUT2D eigenvalue weighted by atomic mass is 10.2. The Morgan fingerprint density at radius 3 is 2.09 bits per heavy atom. The van der Waals surface area contributed by atoms with Gasteiger partial charge < -0.3 is 21.3 Å². The molecule has 6 nitrogen and oxygen atoms in total. The maximum Gasteiger partial charge on any atom is 0.328 e. The molecule has 0 aliphatic rings. The first-order valence-corrected chi connectivity index (χ1v) is 2.92. The summed E-state index contributed by atoms with van der Waals surface area (Å²) in [7, 11) is 0. The van der Waals surface area contributed by atoms with Gasteiger partial charge in [0, 0.05) is 0 Å². The van der Waals surface area contributed by atoms with E-state index in [0.717, 1.165) is 0 Å². The van der Waals surface area contributed by atoms with Gasteiger partial charge >= 0.3 is 12.0 Å². The average Bonchev–Trinajstić information content (AvgIpc) is 1.81. The second-order valence-corrected chi connectivity index (χ2v) is 2.07. The van der Waals surface area contributed by atoms with Crippen molar-refractivity contribution < 1.29 is 19.8 Å². The quantitative estimate of drug-likeness (QED) is 0.404. The number of rotatable bonds is 3. The minimum Gasteiger partial charge on any atom is -0.480 e. The van der Waals surface area contributed by atoms with Crippen LogP contribution in [0.5, 0.6) is 0 Å². The molecule has 0 aromatic heterocycles. The van der Waals surface area contributed by atoms with Gasteiger partial charge in [0.25, 0.3) is 0 Å². The molecular formula is C5H10N2O4. The van der Waals surface area contributed by atoms with Gasteiger partial charge in [0.15, 0.2) is 6.04 Å². The number of carboxylic acid groups (broad SMARTS) is 1. The van der Waals surface area contributed by atoms with E-state index >= 15 is 0 Å². The molecule has 0 rings (SSSR count). The number of nitrogens with one attached hydrogen (secondary N) is 1. The number of amides is 2. The number of carboxylic acids is 1. The summed E-state index contributed by atoms with van der Waals surface area (Å²) in [6.07, 6.45) is -1.17. The Kier molecular flexibility index (Phi) is 3.32. The Balaban J connectivity index is 4.12. The van der Waals surface area contributed by atoms with Gasteiger partial charge in [0.05, 0.1) is 6.10 Å². The highest BCUT2D eigenvalue weighted by Crippen LogP contribution is 1.91. The van der Waals surface area contributed by atoms with Crippen molar-refractivity contribution >= 4 is 12.0 Å². The van der Waals surface area contributed by atoms with Crippen molar-refractivity contribution in [1.29, 1.82) is 0 Å². The largest absolute Gasteiger partial charge is 0.480 e. The van der Waals surface area contributed by atoms with E-state index in [4.69, 9.17) is 10.2 Å². The number of primary amides is 1. The predicted octanol–water partition coefficient (Wildman–Crippen LogP) is -1.51. The van der Waals surface area contributed by atoms with Gasteiger partial charge in [-0.25, -0.2) is 9.59 Å². The molecule has 0 aliphatic heterocycles. The standard InChI is InChI=1S/C5H10N2O4/c1-2(8)3(4(9)10)7-5(6)11/h2-3,8H,1H3,(H,9,10)(H3,6,7,11)/t2-,3+/m0/s1. The Morgan fingerprint density at radius 1 is 1.55 bits per heavy atom. The Hall–Kier alpha value is -1.30. The van der Waals surface area contributed by atoms with Gasteiger partial charge in [-0.15, -0.1) is 0 Å². The maximum atomic E-state index is 10.2. The summed E-state index contributed by atoms with van der Waals surface area (Å²) in [5.74, 6) is -1.32. The van der Waals surface area contributed by atoms with Crippen molar-refractivity contribution in [2.24, 2.45) is 5.73 Å². The highest BCUT2D eigenvalue weighted by molar-refractivity contribution is 5.81. The van der Waals surface area contributed by atoms with E-state index in [2.05, 4.69) is 5.73 Å². The Bertz CT molecular complexity index is 168. The molecule has 0 bridgehead atoms. The van der Waals surface area contributed by atoms with Gasteiger partial charge in [-0.2, -0.15) is 0 Å². The lowest BCUT2D eigenvalue weighted by Crippen LogP contribution is -2.49. The Morgan fingerprint density at radius 2 is 2.00 bits per heavy atom. The molecular weight excluding hydrogens is 152 g/mol. The molecule has 64 valence electrons. The van der Waals surface area contributed by atoms with Gasteiger partial charge in [-0.3, -0.25) is 0 Å². The molecule has 0 heterocycles. The SMILES string of the molecule is C[C@H](O)[C@@H](NC(N)=O)C(=O)O. The third-order valence-electron chi connectivity index (χ3n) is 1.05. The average molecular weight is 162 g/mol. The zero-order valence-corrected chi connectivity index (χ0v) is 5.94. The number of aliphatic carboxylic acids is 1. The van der Waals surface area contributed by atoms with Crippen LogP contribution in [0.15, 0.2) is 0 Å². The molecule has 6 heteroatoms. The summed E-state index contributed by atoms with van der Waals surface area (Å²) in [5, 5.41) is 19.0. The van der Waals surface area contributed by atoms with Gasteiger partial charge in [-0.1, -0.05) is 0 Å². The molecule has 0 aliphatic carbocycles. The van der Waals surface area contributed by atoms with E-state index in [9.17, 15) is 9.59 Å². The van der Waals surface area contributed by atoms with Crippen molar-refractivity contribution in [3.05, 3.63) is 0 Å². The molecule has 0 aromatic rings. The van der Waals surface area contributed by atoms with Gasteiger partial charge in [0.2, 0.25) is 0 Å². The van der Waals surface area contributed by atoms with Crippen LogP contribution in [0.2, 0.25) is 0 Å². The van der Waals surface area contributed by atoms with E-state index in [-0.39, 0.29) is 0 Å². The normalized spacial score (nSPS) is 15.1. The van der Waals surface area contributed by atoms with Crippen molar-refractivity contribution in [2.75, 3.05) is 0 Å². The van der Waals surface area contributed by atoms with Gasteiger partial charge in [-0.05, 0) is 6.92 Å². The number of aliphatic hydroxyl groups excluding tert-OH is 1. The van der Waals surface area contributed by atoms with Crippen LogP contribution in [0.25, 0.3) is 0 Å². The van der Waals surface area contributed by atoms with Crippen molar-refractivity contribution in [3.63, 3.8) is 0 Å². The summed E-state index contributed by atoms with van der Waals surface area (Å²) in [6, 6.07) is -2.31. The fourth-order valence-corrected chi connectivity index (χ4v) is 0.542. The molecule has 2 amide bonds. The number of carbonyl (C=O) groups is 2. The molecule has 0 saturated heterocycles. The molecule has 0 spiro atoms. The molecule has 2 atom stereocenters. The second-order valence-electron chi connectivity index (χ2n) is 2.07. The van der Waals surface area contributed by atoms with E-state index in [0.29, 0.717) is 0 Å². The van der Waals surface area contributed by atoms with E-state index in [1.807, 2.05) is 5.32 Å². The van der Waals surface area contributed by atoms with E-state index in [1.165, 1.54) is 6.92 Å². The van der Waals surface area contributed by atoms with Gasteiger partial charge in [0.1, 0.15) is 0 Å². The molecule has 0 aromatic carbocycles. The lowest BCUT2D eigenvalue weighted by Gasteiger charge is -2.14. The number of nitrogens with two attached hydrogens (primary N) is 1.